The van der Waals surface area contributed by atoms with Crippen molar-refractivity contribution in [3.63, 3.8) is 0 Å². The number of hydrogen-bond donors (Lipinski definition) is 1. The molecule has 4 aromatic rings. The summed E-state index contributed by atoms with van der Waals surface area (Å²) in [7, 11) is 0. The second-order valence-corrected chi connectivity index (χ2v) is 7.75. The molecule has 3 aromatic heterocycles. The molecule has 0 bridgehead atoms. The maximum Gasteiger partial charge on any atom is 0.336 e. The molecule has 0 aliphatic carbocycles. The number of nitrogens with zero attached hydrogens (tertiary/aromatic N) is 3. The molecule has 0 atom stereocenters. The third-order valence-corrected chi connectivity index (χ3v) is 5.91. The topological polar surface area (TPSA) is 94.3 Å². The maximum atomic E-state index is 12.0. The van der Waals surface area contributed by atoms with E-state index in [0.29, 0.717) is 35.3 Å². The van der Waals surface area contributed by atoms with Gasteiger partial charge in [-0.1, -0.05) is 24.8 Å². The van der Waals surface area contributed by atoms with Crippen molar-refractivity contribution in [1.29, 1.82) is 0 Å². The van der Waals surface area contributed by atoms with E-state index in [-0.39, 0.29) is 5.75 Å². The molecule has 4 rings (SSSR count). The van der Waals surface area contributed by atoms with Gasteiger partial charge in [0.05, 0.1) is 11.8 Å². The molecule has 0 saturated carbocycles. The number of fused-ring (bicyclic) bond motifs is 1. The van der Waals surface area contributed by atoms with Crippen LogP contribution < -0.4 is 5.63 Å². The van der Waals surface area contributed by atoms with Crippen LogP contribution in [0.25, 0.3) is 22.4 Å². The highest BCUT2D eigenvalue weighted by Crippen LogP contribution is 2.32. The Balaban J connectivity index is 1.71. The second kappa shape index (κ2) is 8.23. The van der Waals surface area contributed by atoms with Crippen LogP contribution >= 0.6 is 11.8 Å². The molecule has 30 heavy (non-hydrogen) atoms. The van der Waals surface area contributed by atoms with Crippen LogP contribution in [-0.2, 0) is 18.7 Å². The fraction of sp³-hybridized carbons (Fsp3) is 0.227. The molecule has 8 heteroatoms. The van der Waals surface area contributed by atoms with Gasteiger partial charge in [-0.25, -0.2) is 4.79 Å². The third-order valence-electron chi connectivity index (χ3n) is 4.90. The summed E-state index contributed by atoms with van der Waals surface area (Å²) >= 11 is 1.47. The van der Waals surface area contributed by atoms with Gasteiger partial charge in [0.2, 0.25) is 0 Å². The van der Waals surface area contributed by atoms with Gasteiger partial charge in [-0.05, 0) is 36.6 Å². The van der Waals surface area contributed by atoms with Crippen molar-refractivity contribution in [2.24, 2.45) is 0 Å². The van der Waals surface area contributed by atoms with Gasteiger partial charge in [0.1, 0.15) is 17.1 Å². The molecule has 1 aromatic carbocycles. The number of thioether (sulfide) groups is 1. The number of aromatic nitrogens is 3. The Bertz CT molecular complexity index is 1290. The van der Waals surface area contributed by atoms with Crippen LogP contribution in [0.5, 0.6) is 5.75 Å². The molecule has 0 aliphatic heterocycles. The molecular formula is C22H21N3O4S. The van der Waals surface area contributed by atoms with Crippen LogP contribution in [0.2, 0.25) is 0 Å². The van der Waals surface area contributed by atoms with E-state index in [9.17, 15) is 9.90 Å². The van der Waals surface area contributed by atoms with E-state index < -0.39 is 5.63 Å². The SMILES string of the molecule is C=CCn1c(SCc2cc(=O)oc3cc(O)c(CC)cc23)nnc1-c1ccoc1C. The van der Waals surface area contributed by atoms with E-state index in [4.69, 9.17) is 8.83 Å². The first-order valence-corrected chi connectivity index (χ1v) is 10.5. The van der Waals surface area contributed by atoms with Crippen LogP contribution in [0.1, 0.15) is 23.8 Å². The average Bonchev–Trinajstić information content (AvgIpc) is 3.31. The van der Waals surface area contributed by atoms with Gasteiger partial charge in [0, 0.05) is 29.8 Å². The van der Waals surface area contributed by atoms with Gasteiger partial charge in [0.25, 0.3) is 0 Å². The Hall–Kier alpha value is -3.26. The third kappa shape index (κ3) is 3.66. The Morgan fingerprint density at radius 1 is 1.27 bits per heavy atom. The summed E-state index contributed by atoms with van der Waals surface area (Å²) in [6.45, 7) is 8.22. The predicted molar refractivity (Wildman–Crippen MR) is 116 cm³/mol. The largest absolute Gasteiger partial charge is 0.508 e. The van der Waals surface area contributed by atoms with E-state index in [1.54, 1.807) is 12.3 Å². The summed E-state index contributed by atoms with van der Waals surface area (Å²) in [6, 6.07) is 6.73. The first kappa shape index (κ1) is 20.0. The van der Waals surface area contributed by atoms with Gasteiger partial charge in [0.15, 0.2) is 11.0 Å². The van der Waals surface area contributed by atoms with Gasteiger partial charge in [-0.15, -0.1) is 16.8 Å². The first-order valence-electron chi connectivity index (χ1n) is 9.51. The summed E-state index contributed by atoms with van der Waals surface area (Å²) < 4.78 is 12.7. The molecule has 0 saturated heterocycles. The molecule has 0 spiro atoms. The molecule has 0 radical (unpaired) electrons. The van der Waals surface area contributed by atoms with Gasteiger partial charge >= 0.3 is 5.63 Å². The highest BCUT2D eigenvalue weighted by atomic mass is 32.2. The first-order chi connectivity index (χ1) is 14.5. The number of rotatable bonds is 7. The Labute approximate surface area is 177 Å². The number of aromatic hydroxyl groups is 1. The lowest BCUT2D eigenvalue weighted by Gasteiger charge is -2.10. The van der Waals surface area contributed by atoms with Crippen LogP contribution in [0, 0.1) is 6.92 Å². The van der Waals surface area contributed by atoms with Crippen molar-refractivity contribution in [2.45, 2.75) is 37.7 Å². The molecule has 0 fully saturated rings. The summed E-state index contributed by atoms with van der Waals surface area (Å²) in [6.07, 6.45) is 4.09. The second-order valence-electron chi connectivity index (χ2n) is 6.81. The Morgan fingerprint density at radius 2 is 2.10 bits per heavy atom. The van der Waals surface area contributed by atoms with Crippen molar-refractivity contribution in [3.05, 3.63) is 70.5 Å². The number of allylic oxidation sites excluding steroid dienone is 1. The maximum absolute atomic E-state index is 12.0. The minimum atomic E-state index is -0.455. The fourth-order valence-corrected chi connectivity index (χ4v) is 4.30. The van der Waals surface area contributed by atoms with Crippen LogP contribution in [0.15, 0.2) is 62.0 Å². The average molecular weight is 423 g/mol. The van der Waals surface area contributed by atoms with Crippen molar-refractivity contribution in [2.75, 3.05) is 0 Å². The zero-order chi connectivity index (χ0) is 21.3. The highest BCUT2D eigenvalue weighted by Gasteiger charge is 2.18. The van der Waals surface area contributed by atoms with Gasteiger partial charge in [-0.2, -0.15) is 0 Å². The summed E-state index contributed by atoms with van der Waals surface area (Å²) in [4.78, 5) is 12.0. The van der Waals surface area contributed by atoms with Crippen molar-refractivity contribution >= 4 is 22.7 Å². The normalized spacial score (nSPS) is 11.3. The molecule has 154 valence electrons. The monoisotopic (exact) mass is 423 g/mol. The minimum Gasteiger partial charge on any atom is -0.508 e. The Morgan fingerprint density at radius 3 is 2.80 bits per heavy atom. The number of furan rings is 1. The molecule has 0 unspecified atom stereocenters. The molecule has 1 N–H and O–H groups in total. The van der Waals surface area contributed by atoms with Gasteiger partial charge in [-0.3, -0.25) is 4.57 Å². The Kier molecular flexibility index (Phi) is 5.50. The van der Waals surface area contributed by atoms with E-state index >= 15 is 0 Å². The lowest BCUT2D eigenvalue weighted by Crippen LogP contribution is -2.03. The number of hydrogen-bond acceptors (Lipinski definition) is 7. The predicted octanol–water partition coefficient (Wildman–Crippen LogP) is 4.70. The van der Waals surface area contributed by atoms with Crippen LogP contribution in [-0.4, -0.2) is 19.9 Å². The smallest absolute Gasteiger partial charge is 0.336 e. The zero-order valence-corrected chi connectivity index (χ0v) is 17.5. The number of aryl methyl sites for hydroxylation is 2. The van der Waals surface area contributed by atoms with E-state index in [1.807, 2.05) is 30.5 Å². The van der Waals surface area contributed by atoms with Crippen LogP contribution in [0.4, 0.5) is 0 Å². The van der Waals surface area contributed by atoms with Crippen molar-refractivity contribution in [3.8, 4) is 17.1 Å². The van der Waals surface area contributed by atoms with Gasteiger partial charge < -0.3 is 13.9 Å². The standard InChI is InChI=1S/C22H21N3O4S/c1-4-7-25-21(16-6-8-28-13(16)3)23-24-22(25)30-12-15-10-20(27)29-19-11-18(26)14(5-2)9-17(15)19/h4,6,8-11,26H,1,5,7,12H2,2-3H3. The number of phenols is 1. The highest BCUT2D eigenvalue weighted by molar-refractivity contribution is 7.98. The van der Waals surface area contributed by atoms with Crippen molar-refractivity contribution < 1.29 is 13.9 Å². The van der Waals surface area contributed by atoms with Crippen molar-refractivity contribution in [1.82, 2.24) is 14.8 Å². The molecule has 3 heterocycles. The molecule has 0 amide bonds. The molecule has 7 nitrogen and oxygen atoms in total. The lowest BCUT2D eigenvalue weighted by molar-refractivity contribution is 0.466. The summed E-state index contributed by atoms with van der Waals surface area (Å²) in [5.74, 6) is 2.10. The lowest BCUT2D eigenvalue weighted by atomic mass is 10.1. The zero-order valence-electron chi connectivity index (χ0n) is 16.7. The van der Waals surface area contributed by atoms with Crippen LogP contribution in [0.3, 0.4) is 0 Å². The molecular weight excluding hydrogens is 402 g/mol. The summed E-state index contributed by atoms with van der Waals surface area (Å²) in [5, 5.41) is 20.3. The van der Waals surface area contributed by atoms with E-state index in [0.717, 1.165) is 27.8 Å². The summed E-state index contributed by atoms with van der Waals surface area (Å²) in [5.41, 5.74) is 2.41. The number of phenolic OH excluding ortho intramolecular Hbond substituents is 1. The fourth-order valence-electron chi connectivity index (χ4n) is 3.36. The van der Waals surface area contributed by atoms with E-state index in [2.05, 4.69) is 16.8 Å². The number of benzene rings is 1. The molecule has 0 aliphatic rings. The minimum absolute atomic E-state index is 0.129. The quantitative estimate of drug-likeness (QED) is 0.262. The van der Waals surface area contributed by atoms with E-state index in [1.165, 1.54) is 23.9 Å².